The molecule has 0 spiro atoms. The van der Waals surface area contributed by atoms with Gasteiger partial charge >= 0.3 is 0 Å². The third-order valence-electron chi connectivity index (χ3n) is 3.05. The van der Waals surface area contributed by atoms with Gasteiger partial charge in [0.2, 0.25) is 5.91 Å². The van der Waals surface area contributed by atoms with Crippen molar-refractivity contribution in [1.29, 1.82) is 0 Å². The number of carbonyl (C=O) groups excluding carboxylic acids is 1. The largest absolute Gasteiger partial charge is 0.491 e. The van der Waals surface area contributed by atoms with Gasteiger partial charge in [-0.3, -0.25) is 4.79 Å². The second-order valence-electron chi connectivity index (χ2n) is 5.18. The predicted molar refractivity (Wildman–Crippen MR) is 81.0 cm³/mol. The van der Waals surface area contributed by atoms with Gasteiger partial charge in [-0.15, -0.1) is 0 Å². The van der Waals surface area contributed by atoms with Gasteiger partial charge in [-0.2, -0.15) is 0 Å². The van der Waals surface area contributed by atoms with Crippen LogP contribution in [0.15, 0.2) is 36.7 Å². The molecule has 0 fully saturated rings. The number of nitrogens with zero attached hydrogens (tertiary/aromatic N) is 2. The van der Waals surface area contributed by atoms with Gasteiger partial charge in [0.05, 0.1) is 19.1 Å². The van der Waals surface area contributed by atoms with Crippen molar-refractivity contribution >= 4 is 5.91 Å². The molecule has 0 saturated heterocycles. The predicted octanol–water partition coefficient (Wildman–Crippen LogP) is 2.07. The average Bonchev–Trinajstić information content (AvgIpc) is 2.84. The van der Waals surface area contributed by atoms with Gasteiger partial charge in [0.15, 0.2) is 0 Å². The number of nitrogens with one attached hydrogen (secondary N) is 1. The van der Waals surface area contributed by atoms with Crippen LogP contribution in [0.1, 0.15) is 25.2 Å². The molecule has 0 aliphatic heterocycles. The molecule has 1 aromatic heterocycles. The Morgan fingerprint density at radius 2 is 2.14 bits per heavy atom. The van der Waals surface area contributed by atoms with E-state index in [4.69, 9.17) is 4.74 Å². The van der Waals surface area contributed by atoms with Crippen LogP contribution in [0, 0.1) is 0 Å². The highest BCUT2D eigenvalue weighted by Crippen LogP contribution is 2.19. The zero-order valence-corrected chi connectivity index (χ0v) is 12.7. The molecular formula is C16H21N3O2. The van der Waals surface area contributed by atoms with E-state index in [0.717, 1.165) is 17.1 Å². The fourth-order valence-electron chi connectivity index (χ4n) is 2.00. The molecule has 1 N–H and O–H groups in total. The van der Waals surface area contributed by atoms with Crippen LogP contribution in [0.25, 0.3) is 0 Å². The smallest absolute Gasteiger partial charge is 0.224 e. The summed E-state index contributed by atoms with van der Waals surface area (Å²) in [5, 5.41) is 2.88. The van der Waals surface area contributed by atoms with E-state index in [2.05, 4.69) is 10.3 Å². The molecule has 1 amide bonds. The van der Waals surface area contributed by atoms with Crippen molar-refractivity contribution in [1.82, 2.24) is 14.9 Å². The van der Waals surface area contributed by atoms with Gasteiger partial charge in [0, 0.05) is 25.0 Å². The summed E-state index contributed by atoms with van der Waals surface area (Å²) in [7, 11) is 1.90. The summed E-state index contributed by atoms with van der Waals surface area (Å²) in [5.74, 6) is 1.55. The lowest BCUT2D eigenvalue weighted by Crippen LogP contribution is -2.26. The number of aryl methyl sites for hydroxylation is 1. The van der Waals surface area contributed by atoms with E-state index >= 15 is 0 Å². The number of para-hydroxylation sites is 1. The Labute approximate surface area is 125 Å². The zero-order chi connectivity index (χ0) is 15.2. The monoisotopic (exact) mass is 287 g/mol. The maximum atomic E-state index is 12.1. The van der Waals surface area contributed by atoms with Crippen LogP contribution in [0.5, 0.6) is 5.75 Å². The fraction of sp³-hybridized carbons (Fsp3) is 0.375. The quantitative estimate of drug-likeness (QED) is 0.885. The van der Waals surface area contributed by atoms with E-state index in [-0.39, 0.29) is 12.0 Å². The molecule has 5 nitrogen and oxygen atoms in total. The average molecular weight is 287 g/mol. The summed E-state index contributed by atoms with van der Waals surface area (Å²) < 4.78 is 7.60. The van der Waals surface area contributed by atoms with Crippen LogP contribution < -0.4 is 10.1 Å². The van der Waals surface area contributed by atoms with Gasteiger partial charge < -0.3 is 14.6 Å². The minimum atomic E-state index is -0.0437. The van der Waals surface area contributed by atoms with E-state index in [1.807, 2.05) is 55.9 Å². The van der Waals surface area contributed by atoms with Crippen LogP contribution >= 0.6 is 0 Å². The van der Waals surface area contributed by atoms with Gasteiger partial charge in [0.25, 0.3) is 0 Å². The number of hydrogen-bond donors (Lipinski definition) is 1. The molecule has 0 aliphatic carbocycles. The van der Waals surface area contributed by atoms with Gasteiger partial charge in [-0.25, -0.2) is 4.98 Å². The highest BCUT2D eigenvalue weighted by Gasteiger charge is 2.10. The number of carbonyl (C=O) groups is 1. The summed E-state index contributed by atoms with van der Waals surface area (Å²) in [5.41, 5.74) is 0.892. The number of hydrogen-bond acceptors (Lipinski definition) is 3. The van der Waals surface area contributed by atoms with Crippen molar-refractivity contribution in [3.63, 3.8) is 0 Å². The van der Waals surface area contributed by atoms with Crippen LogP contribution in [-0.4, -0.2) is 21.6 Å². The van der Waals surface area contributed by atoms with E-state index < -0.39 is 0 Å². The molecule has 1 heterocycles. The lowest BCUT2D eigenvalue weighted by molar-refractivity contribution is -0.120. The molecule has 2 aromatic rings. The molecule has 1 aromatic carbocycles. The standard InChI is InChI=1S/C16H21N3O2/c1-12(2)21-14-7-5-4-6-13(14)10-16(20)18-11-15-17-8-9-19(15)3/h4-9,12H,10-11H2,1-3H3,(H,18,20). The van der Waals surface area contributed by atoms with Crippen LogP contribution in [0.2, 0.25) is 0 Å². The molecule has 0 atom stereocenters. The molecule has 0 aliphatic rings. The molecule has 21 heavy (non-hydrogen) atoms. The summed E-state index contributed by atoms with van der Waals surface area (Å²) >= 11 is 0. The fourth-order valence-corrected chi connectivity index (χ4v) is 2.00. The third kappa shape index (κ3) is 4.34. The normalized spacial score (nSPS) is 10.7. The molecule has 0 unspecified atom stereocenters. The van der Waals surface area contributed by atoms with E-state index in [1.54, 1.807) is 6.20 Å². The second-order valence-corrected chi connectivity index (χ2v) is 5.18. The Bertz CT molecular complexity index is 605. The highest BCUT2D eigenvalue weighted by atomic mass is 16.5. The number of ether oxygens (including phenoxy) is 1. The summed E-state index contributed by atoms with van der Waals surface area (Å²) in [4.78, 5) is 16.2. The number of aromatic nitrogens is 2. The van der Waals surface area contributed by atoms with E-state index in [9.17, 15) is 4.79 Å². The minimum absolute atomic E-state index is 0.0437. The highest BCUT2D eigenvalue weighted by molar-refractivity contribution is 5.79. The van der Waals surface area contributed by atoms with Crippen molar-refractivity contribution in [3.05, 3.63) is 48.0 Å². The first kappa shape index (κ1) is 15.1. The Balaban J connectivity index is 1.95. The van der Waals surface area contributed by atoms with Crippen molar-refractivity contribution < 1.29 is 9.53 Å². The molecule has 0 saturated carbocycles. The number of amides is 1. The maximum absolute atomic E-state index is 12.1. The first-order valence-electron chi connectivity index (χ1n) is 7.03. The Hall–Kier alpha value is -2.30. The van der Waals surface area contributed by atoms with Gasteiger partial charge in [-0.1, -0.05) is 18.2 Å². The number of rotatable bonds is 6. The number of imidazole rings is 1. The van der Waals surface area contributed by atoms with Crippen LogP contribution in [-0.2, 0) is 24.8 Å². The first-order valence-corrected chi connectivity index (χ1v) is 7.03. The van der Waals surface area contributed by atoms with E-state index in [1.165, 1.54) is 0 Å². The second kappa shape index (κ2) is 6.92. The van der Waals surface area contributed by atoms with Crippen LogP contribution in [0.3, 0.4) is 0 Å². The third-order valence-corrected chi connectivity index (χ3v) is 3.05. The Kier molecular flexibility index (Phi) is 4.98. The van der Waals surface area contributed by atoms with Gasteiger partial charge in [-0.05, 0) is 19.9 Å². The summed E-state index contributed by atoms with van der Waals surface area (Å²) in [6, 6.07) is 7.63. The number of benzene rings is 1. The molecular weight excluding hydrogens is 266 g/mol. The molecule has 5 heteroatoms. The van der Waals surface area contributed by atoms with Gasteiger partial charge in [0.1, 0.15) is 11.6 Å². The topological polar surface area (TPSA) is 56.1 Å². The zero-order valence-electron chi connectivity index (χ0n) is 12.7. The Morgan fingerprint density at radius 3 is 2.81 bits per heavy atom. The maximum Gasteiger partial charge on any atom is 0.224 e. The lowest BCUT2D eigenvalue weighted by atomic mass is 10.1. The minimum Gasteiger partial charge on any atom is -0.491 e. The molecule has 112 valence electrons. The first-order chi connectivity index (χ1) is 10.1. The Morgan fingerprint density at radius 1 is 1.38 bits per heavy atom. The lowest BCUT2D eigenvalue weighted by Gasteiger charge is -2.14. The van der Waals surface area contributed by atoms with Crippen molar-refractivity contribution in [3.8, 4) is 5.75 Å². The molecule has 0 bridgehead atoms. The summed E-state index contributed by atoms with van der Waals surface area (Å²) in [6.45, 7) is 4.37. The molecule has 0 radical (unpaired) electrons. The van der Waals surface area contributed by atoms with Crippen LogP contribution in [0.4, 0.5) is 0 Å². The van der Waals surface area contributed by atoms with E-state index in [0.29, 0.717) is 13.0 Å². The SMILES string of the molecule is CC(C)Oc1ccccc1CC(=O)NCc1nccn1C. The van der Waals surface area contributed by atoms with Crippen molar-refractivity contribution in [2.45, 2.75) is 32.9 Å². The van der Waals surface area contributed by atoms with Crippen molar-refractivity contribution in [2.75, 3.05) is 0 Å². The molecule has 2 rings (SSSR count). The summed E-state index contributed by atoms with van der Waals surface area (Å²) in [6.07, 6.45) is 3.95. The van der Waals surface area contributed by atoms with Crippen molar-refractivity contribution in [2.24, 2.45) is 7.05 Å².